The quantitative estimate of drug-likeness (QED) is 0.777. The lowest BCUT2D eigenvalue weighted by Crippen LogP contribution is -2.42. The SMILES string of the molecule is CCOC(=O)C1CCCN(C(=O)c2cc(OC)ccc2OC)C1. The minimum atomic E-state index is -0.260. The molecule has 126 valence electrons. The predicted octanol–water partition coefficient (Wildman–Crippen LogP) is 2.12. The Bertz CT molecular complexity index is 572. The van der Waals surface area contributed by atoms with E-state index in [2.05, 4.69) is 0 Å². The van der Waals surface area contributed by atoms with Gasteiger partial charge in [-0.25, -0.2) is 0 Å². The molecule has 0 spiro atoms. The third kappa shape index (κ3) is 3.94. The number of ether oxygens (including phenoxy) is 3. The lowest BCUT2D eigenvalue weighted by Gasteiger charge is -2.32. The van der Waals surface area contributed by atoms with Gasteiger partial charge >= 0.3 is 5.97 Å². The second-order valence-electron chi connectivity index (χ2n) is 5.41. The van der Waals surface area contributed by atoms with Gasteiger partial charge in [0.05, 0.1) is 32.3 Å². The van der Waals surface area contributed by atoms with E-state index in [1.54, 1.807) is 37.1 Å². The van der Waals surface area contributed by atoms with Crippen molar-refractivity contribution in [1.82, 2.24) is 4.90 Å². The van der Waals surface area contributed by atoms with Gasteiger partial charge < -0.3 is 19.1 Å². The molecule has 0 N–H and O–H groups in total. The van der Waals surface area contributed by atoms with Crippen molar-refractivity contribution in [1.29, 1.82) is 0 Å². The van der Waals surface area contributed by atoms with Crippen molar-refractivity contribution in [3.05, 3.63) is 23.8 Å². The van der Waals surface area contributed by atoms with E-state index in [0.29, 0.717) is 36.8 Å². The summed E-state index contributed by atoms with van der Waals surface area (Å²) in [6.45, 7) is 3.13. The second-order valence-corrected chi connectivity index (χ2v) is 5.41. The number of hydrogen-bond acceptors (Lipinski definition) is 5. The van der Waals surface area contributed by atoms with Crippen LogP contribution in [-0.4, -0.2) is 50.7 Å². The zero-order valence-corrected chi connectivity index (χ0v) is 13.8. The van der Waals surface area contributed by atoms with Crippen LogP contribution < -0.4 is 9.47 Å². The fraction of sp³-hybridized carbons (Fsp3) is 0.529. The van der Waals surface area contributed by atoms with E-state index in [9.17, 15) is 9.59 Å². The summed E-state index contributed by atoms with van der Waals surface area (Å²) >= 11 is 0. The molecule has 0 bridgehead atoms. The molecule has 23 heavy (non-hydrogen) atoms. The molecule has 0 aromatic heterocycles. The smallest absolute Gasteiger partial charge is 0.310 e. The van der Waals surface area contributed by atoms with Gasteiger partial charge in [-0.2, -0.15) is 0 Å². The Balaban J connectivity index is 2.17. The molecule has 1 heterocycles. The van der Waals surface area contributed by atoms with Crippen LogP contribution in [-0.2, 0) is 9.53 Å². The van der Waals surface area contributed by atoms with E-state index in [-0.39, 0.29) is 17.8 Å². The normalized spacial score (nSPS) is 17.5. The molecule has 1 aromatic carbocycles. The van der Waals surface area contributed by atoms with Crippen LogP contribution in [0, 0.1) is 5.92 Å². The zero-order chi connectivity index (χ0) is 16.8. The maximum Gasteiger partial charge on any atom is 0.310 e. The van der Waals surface area contributed by atoms with Crippen LogP contribution in [0.25, 0.3) is 0 Å². The largest absolute Gasteiger partial charge is 0.497 e. The number of carbonyl (C=O) groups is 2. The number of hydrogen-bond donors (Lipinski definition) is 0. The number of likely N-dealkylation sites (tertiary alicyclic amines) is 1. The lowest BCUT2D eigenvalue weighted by molar-refractivity contribution is -0.149. The maximum absolute atomic E-state index is 12.8. The molecule has 1 atom stereocenters. The van der Waals surface area contributed by atoms with E-state index in [1.807, 2.05) is 0 Å². The molecule has 1 aliphatic rings. The van der Waals surface area contributed by atoms with Gasteiger partial charge in [0.2, 0.25) is 0 Å². The van der Waals surface area contributed by atoms with E-state index < -0.39 is 0 Å². The molecule has 0 aliphatic carbocycles. The molecule has 2 rings (SSSR count). The summed E-state index contributed by atoms with van der Waals surface area (Å²) in [6.07, 6.45) is 1.53. The number of carbonyl (C=O) groups excluding carboxylic acids is 2. The molecule has 6 heteroatoms. The highest BCUT2D eigenvalue weighted by atomic mass is 16.5. The van der Waals surface area contributed by atoms with Gasteiger partial charge in [-0.15, -0.1) is 0 Å². The number of piperidine rings is 1. The highest BCUT2D eigenvalue weighted by molar-refractivity contribution is 5.97. The summed E-state index contributed by atoms with van der Waals surface area (Å²) in [4.78, 5) is 26.4. The minimum Gasteiger partial charge on any atom is -0.497 e. The van der Waals surface area contributed by atoms with Crippen LogP contribution in [0.3, 0.4) is 0 Å². The van der Waals surface area contributed by atoms with Gasteiger partial charge in [-0.05, 0) is 38.0 Å². The Morgan fingerprint density at radius 2 is 2.04 bits per heavy atom. The Morgan fingerprint density at radius 3 is 2.70 bits per heavy atom. The van der Waals surface area contributed by atoms with Crippen molar-refractivity contribution in [3.8, 4) is 11.5 Å². The molecule has 1 aromatic rings. The first-order chi connectivity index (χ1) is 11.1. The monoisotopic (exact) mass is 321 g/mol. The van der Waals surface area contributed by atoms with E-state index in [1.165, 1.54) is 7.11 Å². The van der Waals surface area contributed by atoms with Crippen LogP contribution in [0.15, 0.2) is 18.2 Å². The van der Waals surface area contributed by atoms with Gasteiger partial charge in [0.25, 0.3) is 5.91 Å². The van der Waals surface area contributed by atoms with Crippen molar-refractivity contribution in [3.63, 3.8) is 0 Å². The van der Waals surface area contributed by atoms with Crippen molar-refractivity contribution >= 4 is 11.9 Å². The van der Waals surface area contributed by atoms with E-state index >= 15 is 0 Å². The molecular formula is C17H23NO5. The highest BCUT2D eigenvalue weighted by Crippen LogP contribution is 2.27. The number of rotatable bonds is 5. The fourth-order valence-corrected chi connectivity index (χ4v) is 2.77. The molecule has 6 nitrogen and oxygen atoms in total. The summed E-state index contributed by atoms with van der Waals surface area (Å²) in [6, 6.07) is 5.11. The molecule has 1 aliphatic heterocycles. The van der Waals surface area contributed by atoms with Crippen molar-refractivity contribution in [2.75, 3.05) is 33.9 Å². The highest BCUT2D eigenvalue weighted by Gasteiger charge is 2.31. The summed E-state index contributed by atoms with van der Waals surface area (Å²) < 4.78 is 15.5. The maximum atomic E-state index is 12.8. The standard InChI is InChI=1S/C17H23NO5/c1-4-23-17(20)12-6-5-9-18(11-12)16(19)14-10-13(21-2)7-8-15(14)22-3/h7-8,10,12H,4-6,9,11H2,1-3H3. The van der Waals surface area contributed by atoms with Gasteiger partial charge in [-0.1, -0.05) is 0 Å². The third-order valence-corrected chi connectivity index (χ3v) is 3.97. The van der Waals surface area contributed by atoms with E-state index in [0.717, 1.165) is 12.8 Å². The summed E-state index contributed by atoms with van der Waals surface area (Å²) in [5.41, 5.74) is 0.441. The van der Waals surface area contributed by atoms with Gasteiger partial charge in [0.1, 0.15) is 11.5 Å². The zero-order valence-electron chi connectivity index (χ0n) is 13.8. The number of nitrogens with zero attached hydrogens (tertiary/aromatic N) is 1. The first kappa shape index (κ1) is 17.1. The molecular weight excluding hydrogens is 298 g/mol. The summed E-state index contributed by atoms with van der Waals surface area (Å²) in [5, 5.41) is 0. The van der Waals surface area contributed by atoms with Crippen LogP contribution in [0.4, 0.5) is 0 Å². The first-order valence-electron chi connectivity index (χ1n) is 7.78. The minimum absolute atomic E-state index is 0.158. The average Bonchev–Trinajstić information content (AvgIpc) is 2.60. The summed E-state index contributed by atoms with van der Waals surface area (Å²) in [5.74, 6) is 0.434. The molecule has 1 amide bonds. The van der Waals surface area contributed by atoms with Crippen LogP contribution in [0.2, 0.25) is 0 Å². The Morgan fingerprint density at radius 1 is 1.26 bits per heavy atom. The van der Waals surface area contributed by atoms with Gasteiger partial charge in [0.15, 0.2) is 0 Å². The number of benzene rings is 1. The number of methoxy groups -OCH3 is 2. The molecule has 0 radical (unpaired) electrons. The first-order valence-corrected chi connectivity index (χ1v) is 7.78. The van der Waals surface area contributed by atoms with Gasteiger partial charge in [0, 0.05) is 13.1 Å². The average molecular weight is 321 g/mol. The third-order valence-electron chi connectivity index (χ3n) is 3.97. The number of esters is 1. The molecule has 1 saturated heterocycles. The Hall–Kier alpha value is -2.24. The molecule has 1 unspecified atom stereocenters. The van der Waals surface area contributed by atoms with E-state index in [4.69, 9.17) is 14.2 Å². The Labute approximate surface area is 136 Å². The molecule has 0 saturated carbocycles. The van der Waals surface area contributed by atoms with Crippen LogP contribution in [0.5, 0.6) is 11.5 Å². The van der Waals surface area contributed by atoms with Crippen LogP contribution >= 0.6 is 0 Å². The number of amides is 1. The predicted molar refractivity (Wildman–Crippen MR) is 84.8 cm³/mol. The van der Waals surface area contributed by atoms with Crippen LogP contribution in [0.1, 0.15) is 30.1 Å². The van der Waals surface area contributed by atoms with Gasteiger partial charge in [-0.3, -0.25) is 9.59 Å². The van der Waals surface area contributed by atoms with Crippen molar-refractivity contribution < 1.29 is 23.8 Å². The molecule has 1 fully saturated rings. The fourth-order valence-electron chi connectivity index (χ4n) is 2.77. The topological polar surface area (TPSA) is 65.1 Å². The lowest BCUT2D eigenvalue weighted by atomic mass is 9.97. The second kappa shape index (κ2) is 7.85. The van der Waals surface area contributed by atoms with Crippen molar-refractivity contribution in [2.24, 2.45) is 5.92 Å². The van der Waals surface area contributed by atoms with Crippen molar-refractivity contribution in [2.45, 2.75) is 19.8 Å². The Kier molecular flexibility index (Phi) is 5.84. The summed E-state index contributed by atoms with van der Waals surface area (Å²) in [7, 11) is 3.07.